The number of hydrogen-bond acceptors (Lipinski definition) is 15. The second kappa shape index (κ2) is 26.4. The molecule has 7 rings (SSSR count). The Morgan fingerprint density at radius 1 is 1.00 bits per heavy atom. The summed E-state index contributed by atoms with van der Waals surface area (Å²) in [5.41, 5.74) is 0.569. The lowest BCUT2D eigenvalue weighted by Crippen LogP contribution is -2.58. The third-order valence-electron chi connectivity index (χ3n) is 14.9. The number of fused-ring (bicyclic) bond motifs is 5. The predicted octanol–water partition coefficient (Wildman–Crippen LogP) is 5.91. The van der Waals surface area contributed by atoms with Crippen molar-refractivity contribution in [2.24, 2.45) is 17.8 Å². The summed E-state index contributed by atoms with van der Waals surface area (Å²) in [4.78, 5) is 139. The summed E-state index contributed by atoms with van der Waals surface area (Å²) in [5.74, 6) is -8.64. The van der Waals surface area contributed by atoms with E-state index in [1.807, 2.05) is 27.7 Å². The van der Waals surface area contributed by atoms with Crippen LogP contribution in [0.15, 0.2) is 36.4 Å². The maximum atomic E-state index is 15.2. The number of anilines is 1. The van der Waals surface area contributed by atoms with E-state index in [4.69, 9.17) is 26.1 Å². The number of pyridine rings is 1. The maximum absolute atomic E-state index is 15.2. The normalized spacial score (nSPS) is 21.1. The van der Waals surface area contributed by atoms with E-state index in [1.165, 1.54) is 48.7 Å². The van der Waals surface area contributed by atoms with Gasteiger partial charge >= 0.3 is 18.0 Å². The van der Waals surface area contributed by atoms with Gasteiger partial charge in [-0.25, -0.2) is 19.0 Å². The van der Waals surface area contributed by atoms with Crippen LogP contribution >= 0.6 is 46.0 Å². The van der Waals surface area contributed by atoms with E-state index in [0.29, 0.717) is 33.5 Å². The molecule has 2 fully saturated rings. The number of nitrogens with zero attached hydrogens (tertiary/aromatic N) is 3. The zero-order chi connectivity index (χ0) is 60.1. The fraction of sp³-hybridized carbons (Fsp3) is 0.518. The number of imide groups is 1. The number of nitrogens with one attached hydrogen (secondary N) is 5. The predicted molar refractivity (Wildman–Crippen MR) is 308 cm³/mol. The van der Waals surface area contributed by atoms with Gasteiger partial charge in [-0.05, 0) is 75.6 Å². The first kappa shape index (κ1) is 63.1. The largest absolute Gasteiger partial charge is 0.481 e. The average molecular weight is 1290 g/mol. The summed E-state index contributed by atoms with van der Waals surface area (Å²) >= 11 is 10.5. The number of aliphatic hydroxyl groups is 1. The molecule has 7 N–H and O–H groups in total. The van der Waals surface area contributed by atoms with Gasteiger partial charge in [-0.2, -0.15) is 0 Å². The number of carboxylic acids is 1. The first-order valence-corrected chi connectivity index (χ1v) is 29.4. The Labute approximate surface area is 495 Å². The topological polar surface area (TPSA) is 309 Å². The van der Waals surface area contributed by atoms with Gasteiger partial charge in [0.15, 0.2) is 5.60 Å². The van der Waals surface area contributed by atoms with Gasteiger partial charge < -0.3 is 51.2 Å². The quantitative estimate of drug-likeness (QED) is 0.0237. The Balaban J connectivity index is 0.938. The summed E-state index contributed by atoms with van der Waals surface area (Å²) in [6.45, 7) is 11.3. The van der Waals surface area contributed by atoms with E-state index < -0.39 is 101 Å². The van der Waals surface area contributed by atoms with Crippen molar-refractivity contribution in [1.82, 2.24) is 36.1 Å². The highest BCUT2D eigenvalue weighted by molar-refractivity contribution is 14.1. The third-order valence-corrected chi connectivity index (χ3v) is 18.0. The van der Waals surface area contributed by atoms with Gasteiger partial charge in [0.05, 0.1) is 42.4 Å². The molecule has 82 heavy (non-hydrogen) atoms. The Hall–Kier alpha value is -6.45. The molecule has 442 valence electrons. The number of likely N-dealkylation sites (tertiary alicyclic amines) is 1. The molecule has 4 aliphatic rings. The minimum atomic E-state index is -1.97. The summed E-state index contributed by atoms with van der Waals surface area (Å²) in [6.07, 6.45) is 1.62. The van der Waals surface area contributed by atoms with E-state index >= 15 is 4.39 Å². The lowest BCUT2D eigenvalue weighted by Gasteiger charge is -2.44. The van der Waals surface area contributed by atoms with Crippen molar-refractivity contribution in [3.8, 4) is 0 Å². The lowest BCUT2D eigenvalue weighted by atomic mass is 9.72. The molecule has 0 spiro atoms. The maximum Gasteiger partial charge on any atom is 0.407 e. The number of hydrogen-bond donors (Lipinski definition) is 7. The Kier molecular flexibility index (Phi) is 20.3. The monoisotopic (exact) mass is 1290 g/mol. The van der Waals surface area contributed by atoms with E-state index in [1.54, 1.807) is 25.1 Å². The van der Waals surface area contributed by atoms with Crippen LogP contribution in [0.5, 0.6) is 0 Å². The van der Waals surface area contributed by atoms with Crippen LogP contribution in [-0.2, 0) is 72.3 Å². The molecule has 5 heterocycles. The zero-order valence-electron chi connectivity index (χ0n) is 46.4. The van der Waals surface area contributed by atoms with Gasteiger partial charge in [0, 0.05) is 66.5 Å². The average Bonchev–Trinajstić information content (AvgIpc) is 1.88. The minimum absolute atomic E-state index is 0.00555. The highest BCUT2D eigenvalue weighted by Crippen LogP contribution is 2.48. The Morgan fingerprint density at radius 2 is 1.71 bits per heavy atom. The standard InChI is InChI=1S/C56H67ClFIN8O14S/c1-8-17-55(7,59)82-41-22-43(69)66(52(41)76)18-16-42(68)63-39(19-27(3)4)50(74)61-29(6)48(72)65-37(14-15-44(70)71)49(73)62-31-12-10-30(11-13-31)25-81-54(78)60-23-32-33-24-67-40(47(33)64-38-21-36(58)28(5)46(57)45(32)38)20-35-34(51(67)75)26-80-53(77)56(35,79)9-2/h10-13,20-21,27,29,34-35,37,39,41,79H,8-9,14-19,22-26H2,1-7H3,(H,60,78)(H,61,74)(H,62,73)(H,63,68)(H,65,72)(H,70,71)/t29-,34?,35?,37-,39?,41?,55?,56-/m0/s1. The molecule has 8 amide bonds. The molecule has 8 atom stereocenters. The molecule has 26 heteroatoms. The van der Waals surface area contributed by atoms with Crippen LogP contribution in [0.2, 0.25) is 5.02 Å². The van der Waals surface area contributed by atoms with Crippen LogP contribution in [0, 0.1) is 30.5 Å². The number of cyclic esters (lactones) is 1. The molecule has 0 radical (unpaired) electrons. The molecule has 5 unspecified atom stereocenters. The number of halogens is 3. The van der Waals surface area contributed by atoms with Gasteiger partial charge in [0.1, 0.15) is 37.2 Å². The highest BCUT2D eigenvalue weighted by atomic mass is 127. The molecule has 1 aromatic heterocycles. The van der Waals surface area contributed by atoms with Crippen LogP contribution in [-0.4, -0.2) is 129 Å². The van der Waals surface area contributed by atoms with Crippen molar-refractivity contribution in [3.05, 3.63) is 75.2 Å². The van der Waals surface area contributed by atoms with Gasteiger partial charge in [-0.1, -0.05) is 86.5 Å². The van der Waals surface area contributed by atoms with Crippen LogP contribution < -0.4 is 26.6 Å². The third kappa shape index (κ3) is 14.3. The number of alkyl halides is 1. The van der Waals surface area contributed by atoms with E-state index in [0.717, 1.165) is 17.7 Å². The highest BCUT2D eigenvalue weighted by Gasteiger charge is 2.57. The Morgan fingerprint density at radius 3 is 2.37 bits per heavy atom. The number of aromatic nitrogens is 1. The van der Waals surface area contributed by atoms with Crippen molar-refractivity contribution >= 4 is 128 Å². The summed E-state index contributed by atoms with van der Waals surface area (Å²) < 4.78 is 25.7. The number of aliphatic carboxylic acids is 1. The molecule has 4 aliphatic heterocycles. The number of carboxylic acid groups (broad SMARTS) is 1. The summed E-state index contributed by atoms with van der Waals surface area (Å²) in [5, 5.41) is 33.8. The van der Waals surface area contributed by atoms with Crippen molar-refractivity contribution in [2.45, 2.75) is 151 Å². The first-order valence-electron chi connectivity index (χ1n) is 27.0. The van der Waals surface area contributed by atoms with Crippen molar-refractivity contribution in [1.29, 1.82) is 0 Å². The van der Waals surface area contributed by atoms with E-state index in [9.17, 15) is 58.2 Å². The van der Waals surface area contributed by atoms with Gasteiger partial charge in [-0.15, -0.1) is 11.8 Å². The van der Waals surface area contributed by atoms with E-state index in [-0.39, 0.29) is 107 Å². The van der Waals surface area contributed by atoms with Gasteiger partial charge in [0.2, 0.25) is 41.4 Å². The first-order chi connectivity index (χ1) is 38.7. The summed E-state index contributed by atoms with van der Waals surface area (Å²) in [7, 11) is 0. The number of carbonyl (C=O) groups is 10. The number of thioether (sulfide) groups is 1. The smallest absolute Gasteiger partial charge is 0.407 e. The zero-order valence-corrected chi connectivity index (χ0v) is 50.1. The Bertz CT molecular complexity index is 3110. The number of rotatable bonds is 24. The molecular formula is C56H67ClFIN8O14S. The molecule has 0 saturated carbocycles. The van der Waals surface area contributed by atoms with Crippen LogP contribution in [0.1, 0.15) is 121 Å². The lowest BCUT2D eigenvalue weighted by molar-refractivity contribution is -0.190. The number of esters is 1. The fourth-order valence-electron chi connectivity index (χ4n) is 10.4. The van der Waals surface area contributed by atoms with Gasteiger partial charge in [-0.3, -0.25) is 43.3 Å². The number of ether oxygens (including phenoxy) is 2. The molecule has 0 aliphatic carbocycles. The van der Waals surface area contributed by atoms with Crippen LogP contribution in [0.4, 0.5) is 14.9 Å². The summed E-state index contributed by atoms with van der Waals surface area (Å²) in [6, 6.07) is 3.52. The van der Waals surface area contributed by atoms with Gasteiger partial charge in [0.25, 0.3) is 0 Å². The minimum Gasteiger partial charge on any atom is -0.481 e. The van der Waals surface area contributed by atoms with Crippen molar-refractivity contribution < 1.29 is 72.0 Å². The fourth-order valence-corrected chi connectivity index (χ4v) is 13.6. The molecule has 3 aromatic rings. The molecule has 2 saturated heterocycles. The van der Waals surface area contributed by atoms with Crippen LogP contribution in [0.3, 0.4) is 0 Å². The van der Waals surface area contributed by atoms with Crippen molar-refractivity contribution in [2.75, 3.05) is 18.5 Å². The van der Waals surface area contributed by atoms with E-state index in [2.05, 4.69) is 49.2 Å². The SMILES string of the molecule is CCCC(C)(I)SC1CC(=O)N(CCC(=O)NC(CC(C)C)C(=O)N[C@@H](C)C(=O)N[C@@H](CCC(=O)O)C(=O)Nc2ccc(COC(=O)NCc3c4c(nc5cc(F)c(C)c(Cl)c35)C3=CC5C(COC(=O)[C@]5(O)CC)C(=O)N3C4)cc2)C1=O. The van der Waals surface area contributed by atoms with Crippen LogP contribution in [0.25, 0.3) is 16.6 Å². The number of benzene rings is 2. The number of carbonyl (C=O) groups excluding carboxylic acids is 9. The second-order valence-electron chi connectivity index (χ2n) is 21.5. The molecular weight excluding hydrogens is 1220 g/mol. The number of amides is 8. The second-order valence-corrected chi connectivity index (χ2v) is 26.7. The molecule has 2 aromatic carbocycles. The number of alkyl carbamates (subject to hydrolysis) is 1. The molecule has 22 nitrogen and oxygen atoms in total. The molecule has 0 bridgehead atoms. The van der Waals surface area contributed by atoms with Crippen molar-refractivity contribution in [3.63, 3.8) is 0 Å².